The van der Waals surface area contributed by atoms with Crippen molar-refractivity contribution in [3.8, 4) is 0 Å². The van der Waals surface area contributed by atoms with Gasteiger partial charge in [0.25, 0.3) is 0 Å². The van der Waals surface area contributed by atoms with E-state index >= 15 is 0 Å². The van der Waals surface area contributed by atoms with Crippen molar-refractivity contribution < 1.29 is 12.8 Å². The van der Waals surface area contributed by atoms with Gasteiger partial charge in [-0.3, -0.25) is 0 Å². The van der Waals surface area contributed by atoms with Crippen LogP contribution in [0.2, 0.25) is 0 Å². The molecular formula is C13H19FN2O2S. The summed E-state index contributed by atoms with van der Waals surface area (Å²) in [5, 5.41) is 0. The zero-order valence-corrected chi connectivity index (χ0v) is 12.0. The van der Waals surface area contributed by atoms with Crippen molar-refractivity contribution in [1.82, 2.24) is 4.31 Å². The number of sulfonamides is 1. The minimum atomic E-state index is -3.70. The Kier molecular flexibility index (Phi) is 3.94. The SMILES string of the molecule is Cc1c(F)cccc1S(=O)(=O)N(C)C(CN)C1CC1. The summed E-state index contributed by atoms with van der Waals surface area (Å²) < 4.78 is 39.9. The van der Waals surface area contributed by atoms with E-state index in [-0.39, 0.29) is 23.0 Å². The van der Waals surface area contributed by atoms with Gasteiger partial charge in [-0.2, -0.15) is 4.31 Å². The molecule has 1 aliphatic carbocycles. The van der Waals surface area contributed by atoms with Crippen molar-refractivity contribution in [2.75, 3.05) is 13.6 Å². The maximum absolute atomic E-state index is 13.5. The first-order valence-electron chi connectivity index (χ1n) is 6.32. The molecular weight excluding hydrogens is 267 g/mol. The Bertz CT molecular complexity index is 570. The highest BCUT2D eigenvalue weighted by atomic mass is 32.2. The van der Waals surface area contributed by atoms with Crippen LogP contribution in [0.5, 0.6) is 0 Å². The number of rotatable bonds is 5. The maximum atomic E-state index is 13.5. The molecule has 2 N–H and O–H groups in total. The Hall–Kier alpha value is -0.980. The van der Waals surface area contributed by atoms with E-state index in [9.17, 15) is 12.8 Å². The van der Waals surface area contributed by atoms with Gasteiger partial charge in [0.2, 0.25) is 10.0 Å². The van der Waals surface area contributed by atoms with Crippen LogP contribution in [-0.2, 0) is 10.0 Å². The lowest BCUT2D eigenvalue weighted by Crippen LogP contribution is -2.43. The lowest BCUT2D eigenvalue weighted by Gasteiger charge is -2.27. The molecule has 1 aromatic rings. The number of nitrogens with two attached hydrogens (primary N) is 1. The fraction of sp³-hybridized carbons (Fsp3) is 0.538. The molecule has 0 spiro atoms. The van der Waals surface area contributed by atoms with Gasteiger partial charge in [-0.05, 0) is 37.8 Å². The molecule has 0 heterocycles. The van der Waals surface area contributed by atoms with Gasteiger partial charge in [0.15, 0.2) is 0 Å². The van der Waals surface area contributed by atoms with Crippen LogP contribution in [-0.4, -0.2) is 32.4 Å². The third-order valence-electron chi connectivity index (χ3n) is 3.75. The Labute approximate surface area is 113 Å². The van der Waals surface area contributed by atoms with E-state index in [0.717, 1.165) is 12.8 Å². The van der Waals surface area contributed by atoms with Crippen molar-refractivity contribution in [2.45, 2.75) is 30.7 Å². The zero-order chi connectivity index (χ0) is 14.2. The van der Waals surface area contributed by atoms with E-state index in [4.69, 9.17) is 5.73 Å². The van der Waals surface area contributed by atoms with Gasteiger partial charge in [0, 0.05) is 25.2 Å². The number of nitrogens with zero attached hydrogens (tertiary/aromatic N) is 1. The molecule has 2 rings (SSSR count). The minimum Gasteiger partial charge on any atom is -0.329 e. The van der Waals surface area contributed by atoms with Crippen LogP contribution in [0.25, 0.3) is 0 Å². The van der Waals surface area contributed by atoms with Crippen molar-refractivity contribution >= 4 is 10.0 Å². The number of hydrogen-bond donors (Lipinski definition) is 1. The van der Waals surface area contributed by atoms with Crippen LogP contribution in [0.15, 0.2) is 23.1 Å². The van der Waals surface area contributed by atoms with Crippen molar-refractivity contribution in [2.24, 2.45) is 11.7 Å². The van der Waals surface area contributed by atoms with Crippen LogP contribution in [0.4, 0.5) is 4.39 Å². The van der Waals surface area contributed by atoms with Crippen molar-refractivity contribution in [1.29, 1.82) is 0 Å². The van der Waals surface area contributed by atoms with Crippen molar-refractivity contribution in [3.63, 3.8) is 0 Å². The molecule has 0 amide bonds. The molecule has 19 heavy (non-hydrogen) atoms. The first kappa shape index (κ1) is 14.4. The van der Waals surface area contributed by atoms with E-state index in [1.165, 1.54) is 36.5 Å². The number of likely N-dealkylation sites (N-methyl/N-ethyl adjacent to an activating group) is 1. The van der Waals surface area contributed by atoms with Gasteiger partial charge in [-0.15, -0.1) is 0 Å². The summed E-state index contributed by atoms with van der Waals surface area (Å²) in [4.78, 5) is 0.0223. The molecule has 0 saturated heterocycles. The second-order valence-corrected chi connectivity index (χ2v) is 6.99. The molecule has 0 bridgehead atoms. The molecule has 6 heteroatoms. The highest BCUT2D eigenvalue weighted by molar-refractivity contribution is 7.89. The van der Waals surface area contributed by atoms with E-state index in [0.29, 0.717) is 5.92 Å². The molecule has 0 radical (unpaired) electrons. The van der Waals surface area contributed by atoms with Gasteiger partial charge in [-0.25, -0.2) is 12.8 Å². The van der Waals surface area contributed by atoms with Crippen LogP contribution < -0.4 is 5.73 Å². The number of hydrogen-bond acceptors (Lipinski definition) is 3. The van der Waals surface area contributed by atoms with Crippen molar-refractivity contribution in [3.05, 3.63) is 29.6 Å². The van der Waals surface area contributed by atoms with E-state index in [1.54, 1.807) is 0 Å². The molecule has 1 unspecified atom stereocenters. The van der Waals surface area contributed by atoms with Gasteiger partial charge in [0.05, 0.1) is 4.90 Å². The third kappa shape index (κ3) is 2.66. The van der Waals surface area contributed by atoms with Gasteiger partial charge >= 0.3 is 0 Å². The van der Waals surface area contributed by atoms with Crippen LogP contribution in [0.1, 0.15) is 18.4 Å². The maximum Gasteiger partial charge on any atom is 0.243 e. The molecule has 0 aliphatic heterocycles. The second kappa shape index (κ2) is 5.19. The predicted molar refractivity (Wildman–Crippen MR) is 71.7 cm³/mol. The fourth-order valence-corrected chi connectivity index (χ4v) is 3.98. The molecule has 1 aliphatic rings. The number of benzene rings is 1. The van der Waals surface area contributed by atoms with Crippen LogP contribution in [0.3, 0.4) is 0 Å². The number of halogens is 1. The Morgan fingerprint density at radius 1 is 1.47 bits per heavy atom. The smallest absolute Gasteiger partial charge is 0.243 e. The van der Waals surface area contributed by atoms with Gasteiger partial charge in [-0.1, -0.05) is 6.07 Å². The average Bonchev–Trinajstić information content (AvgIpc) is 3.17. The first-order chi connectivity index (χ1) is 8.89. The third-order valence-corrected chi connectivity index (χ3v) is 5.78. The molecule has 1 atom stereocenters. The molecule has 0 aromatic heterocycles. The monoisotopic (exact) mass is 286 g/mol. The quantitative estimate of drug-likeness (QED) is 0.892. The summed E-state index contributed by atoms with van der Waals surface area (Å²) in [5.41, 5.74) is 5.83. The summed E-state index contributed by atoms with van der Waals surface area (Å²) in [7, 11) is -2.17. The lowest BCUT2D eigenvalue weighted by atomic mass is 10.2. The Morgan fingerprint density at radius 2 is 2.11 bits per heavy atom. The molecule has 106 valence electrons. The normalized spacial score (nSPS) is 17.7. The van der Waals surface area contributed by atoms with E-state index < -0.39 is 15.8 Å². The van der Waals surface area contributed by atoms with E-state index in [1.807, 2.05) is 0 Å². The summed E-state index contributed by atoms with van der Waals surface area (Å²) in [6, 6.07) is 3.91. The van der Waals surface area contributed by atoms with E-state index in [2.05, 4.69) is 0 Å². The Balaban J connectivity index is 2.38. The topological polar surface area (TPSA) is 63.4 Å². The van der Waals surface area contributed by atoms with Crippen LogP contribution in [0, 0.1) is 18.7 Å². The summed E-state index contributed by atoms with van der Waals surface area (Å²) in [6.45, 7) is 1.76. The largest absolute Gasteiger partial charge is 0.329 e. The molecule has 4 nitrogen and oxygen atoms in total. The minimum absolute atomic E-state index is 0.0223. The lowest BCUT2D eigenvalue weighted by molar-refractivity contribution is 0.340. The highest BCUT2D eigenvalue weighted by Gasteiger charge is 2.38. The van der Waals surface area contributed by atoms with Crippen LogP contribution >= 0.6 is 0 Å². The average molecular weight is 286 g/mol. The van der Waals surface area contributed by atoms with Gasteiger partial charge in [0.1, 0.15) is 5.82 Å². The summed E-state index contributed by atoms with van der Waals surface area (Å²) in [6.07, 6.45) is 2.01. The Morgan fingerprint density at radius 3 is 2.63 bits per heavy atom. The first-order valence-corrected chi connectivity index (χ1v) is 7.76. The molecule has 1 fully saturated rings. The fourth-order valence-electron chi connectivity index (χ4n) is 2.32. The zero-order valence-electron chi connectivity index (χ0n) is 11.1. The summed E-state index contributed by atoms with van der Waals surface area (Å²) >= 11 is 0. The molecule has 1 aromatic carbocycles. The predicted octanol–water partition coefficient (Wildman–Crippen LogP) is 1.49. The van der Waals surface area contributed by atoms with Gasteiger partial charge < -0.3 is 5.73 Å². The highest BCUT2D eigenvalue weighted by Crippen LogP contribution is 2.36. The molecule has 1 saturated carbocycles. The second-order valence-electron chi connectivity index (χ2n) is 5.02. The standard InChI is InChI=1S/C13H19FN2O2S/c1-9-11(14)4-3-5-13(9)19(17,18)16(2)12(8-15)10-6-7-10/h3-5,10,12H,6-8,15H2,1-2H3. The summed E-state index contributed by atoms with van der Waals surface area (Å²) in [5.74, 6) is -0.177.